The molecule has 1 rings (SSSR count). The zero-order valence-corrected chi connectivity index (χ0v) is 10.1. The summed E-state index contributed by atoms with van der Waals surface area (Å²) in [5.74, 6) is 0. The summed E-state index contributed by atoms with van der Waals surface area (Å²) in [4.78, 5) is 6.32. The fraction of sp³-hybridized carbons (Fsp3) is 0.583. The highest BCUT2D eigenvalue weighted by molar-refractivity contribution is 5.09. The fourth-order valence-electron chi connectivity index (χ4n) is 1.46. The average Bonchev–Trinajstić information content (AvgIpc) is 2.34. The van der Waals surface area contributed by atoms with Crippen LogP contribution in [-0.2, 0) is 16.0 Å². The molecule has 90 valence electrons. The maximum absolute atomic E-state index is 5.10. The Morgan fingerprint density at radius 2 is 1.62 bits per heavy atom. The van der Waals surface area contributed by atoms with Gasteiger partial charge in [0.2, 0.25) is 0 Å². The van der Waals surface area contributed by atoms with Gasteiger partial charge in [-0.05, 0) is 17.7 Å². The molecule has 0 atom stereocenters. The molecule has 1 aromatic rings. The second-order valence-corrected chi connectivity index (χ2v) is 3.62. The molecule has 0 aliphatic heterocycles. The highest BCUT2D eigenvalue weighted by Gasteiger charge is 2.05. The summed E-state index contributed by atoms with van der Waals surface area (Å²) in [6.45, 7) is 4.24. The Bertz CT molecular complexity index is 259. The Labute approximate surface area is 97.2 Å². The summed E-state index contributed by atoms with van der Waals surface area (Å²) in [5, 5.41) is 0. The van der Waals surface area contributed by atoms with Crippen LogP contribution in [0, 0.1) is 0 Å². The number of rotatable bonds is 8. The number of pyridine rings is 1. The molecule has 0 aromatic carbocycles. The number of methoxy groups -OCH3 is 2. The molecule has 0 fully saturated rings. The Kier molecular flexibility index (Phi) is 6.72. The second kappa shape index (κ2) is 8.21. The lowest BCUT2D eigenvalue weighted by molar-refractivity contribution is 0.110. The first-order valence-electron chi connectivity index (χ1n) is 5.46. The van der Waals surface area contributed by atoms with Gasteiger partial charge in [-0.2, -0.15) is 0 Å². The first kappa shape index (κ1) is 13.1. The minimum Gasteiger partial charge on any atom is -0.383 e. The summed E-state index contributed by atoms with van der Waals surface area (Å²) in [6, 6.07) is 4.07. The molecule has 0 amide bonds. The molecule has 0 spiro atoms. The lowest BCUT2D eigenvalue weighted by Gasteiger charge is -2.21. The van der Waals surface area contributed by atoms with Gasteiger partial charge in [0.1, 0.15) is 0 Å². The van der Waals surface area contributed by atoms with E-state index in [0.717, 1.165) is 32.8 Å². The van der Waals surface area contributed by atoms with Crippen molar-refractivity contribution in [3.05, 3.63) is 30.1 Å². The van der Waals surface area contributed by atoms with Crippen molar-refractivity contribution in [1.82, 2.24) is 9.88 Å². The topological polar surface area (TPSA) is 34.6 Å². The third kappa shape index (κ3) is 5.21. The highest BCUT2D eigenvalue weighted by atomic mass is 16.5. The predicted molar refractivity (Wildman–Crippen MR) is 63.3 cm³/mol. The van der Waals surface area contributed by atoms with E-state index in [1.165, 1.54) is 5.56 Å². The molecule has 0 aliphatic rings. The van der Waals surface area contributed by atoms with E-state index in [9.17, 15) is 0 Å². The number of nitrogens with zero attached hydrogens (tertiary/aromatic N) is 2. The second-order valence-electron chi connectivity index (χ2n) is 3.62. The maximum atomic E-state index is 5.10. The maximum Gasteiger partial charge on any atom is 0.0589 e. The molecular formula is C12H20N2O2. The summed E-state index contributed by atoms with van der Waals surface area (Å²) >= 11 is 0. The summed E-state index contributed by atoms with van der Waals surface area (Å²) in [6.07, 6.45) is 3.64. The van der Waals surface area contributed by atoms with Crippen LogP contribution in [0.4, 0.5) is 0 Å². The van der Waals surface area contributed by atoms with Gasteiger partial charge in [-0.15, -0.1) is 0 Å². The van der Waals surface area contributed by atoms with Crippen molar-refractivity contribution >= 4 is 0 Å². The molecule has 0 saturated carbocycles. The summed E-state index contributed by atoms with van der Waals surface area (Å²) in [7, 11) is 3.45. The van der Waals surface area contributed by atoms with Crippen LogP contribution >= 0.6 is 0 Å². The van der Waals surface area contributed by atoms with Crippen molar-refractivity contribution in [3.8, 4) is 0 Å². The quantitative estimate of drug-likeness (QED) is 0.664. The van der Waals surface area contributed by atoms with Crippen molar-refractivity contribution in [1.29, 1.82) is 0 Å². The largest absolute Gasteiger partial charge is 0.383 e. The van der Waals surface area contributed by atoms with Gasteiger partial charge >= 0.3 is 0 Å². The lowest BCUT2D eigenvalue weighted by atomic mass is 10.2. The fourth-order valence-corrected chi connectivity index (χ4v) is 1.46. The van der Waals surface area contributed by atoms with Gasteiger partial charge < -0.3 is 9.47 Å². The Morgan fingerprint density at radius 1 is 1.06 bits per heavy atom. The van der Waals surface area contributed by atoms with Gasteiger partial charge in [-0.1, -0.05) is 0 Å². The number of ether oxygens (including phenoxy) is 2. The van der Waals surface area contributed by atoms with Gasteiger partial charge in [-0.3, -0.25) is 9.88 Å². The summed E-state index contributed by atoms with van der Waals surface area (Å²) < 4.78 is 10.2. The SMILES string of the molecule is COCCN(CCOC)Cc1ccncc1. The minimum absolute atomic E-state index is 0.745. The van der Waals surface area contributed by atoms with Crippen LogP contribution in [-0.4, -0.2) is 50.4 Å². The molecule has 0 bridgehead atoms. The Hall–Kier alpha value is -0.970. The zero-order chi connectivity index (χ0) is 11.6. The lowest BCUT2D eigenvalue weighted by Crippen LogP contribution is -2.30. The molecule has 0 unspecified atom stereocenters. The molecule has 4 heteroatoms. The van der Waals surface area contributed by atoms with Gasteiger partial charge in [0.15, 0.2) is 0 Å². The molecule has 0 radical (unpaired) electrons. The van der Waals surface area contributed by atoms with Gasteiger partial charge in [-0.25, -0.2) is 0 Å². The molecule has 0 aliphatic carbocycles. The minimum atomic E-state index is 0.745. The van der Waals surface area contributed by atoms with Crippen LogP contribution in [0.2, 0.25) is 0 Å². The molecule has 1 heterocycles. The van der Waals surface area contributed by atoms with Crippen LogP contribution in [0.25, 0.3) is 0 Å². The van der Waals surface area contributed by atoms with Crippen LogP contribution in [0.1, 0.15) is 5.56 Å². The van der Waals surface area contributed by atoms with Crippen molar-refractivity contribution in [2.24, 2.45) is 0 Å². The normalized spacial score (nSPS) is 10.9. The predicted octanol–water partition coefficient (Wildman–Crippen LogP) is 1.18. The van der Waals surface area contributed by atoms with Crippen molar-refractivity contribution in [2.45, 2.75) is 6.54 Å². The summed E-state index contributed by atoms with van der Waals surface area (Å²) in [5.41, 5.74) is 1.27. The van der Waals surface area contributed by atoms with Crippen molar-refractivity contribution < 1.29 is 9.47 Å². The van der Waals surface area contributed by atoms with E-state index in [1.54, 1.807) is 14.2 Å². The first-order valence-corrected chi connectivity index (χ1v) is 5.46. The van der Waals surface area contributed by atoms with Gasteiger partial charge in [0.25, 0.3) is 0 Å². The zero-order valence-electron chi connectivity index (χ0n) is 10.1. The molecule has 4 nitrogen and oxygen atoms in total. The van der Waals surface area contributed by atoms with E-state index in [-0.39, 0.29) is 0 Å². The molecule has 1 aromatic heterocycles. The molecule has 16 heavy (non-hydrogen) atoms. The average molecular weight is 224 g/mol. The highest BCUT2D eigenvalue weighted by Crippen LogP contribution is 2.02. The van der Waals surface area contributed by atoms with E-state index in [2.05, 4.69) is 9.88 Å². The standard InChI is InChI=1S/C12H20N2O2/c1-15-9-7-14(8-10-16-2)11-12-3-5-13-6-4-12/h3-6H,7-11H2,1-2H3. The van der Waals surface area contributed by atoms with E-state index in [0.29, 0.717) is 0 Å². The van der Waals surface area contributed by atoms with Crippen LogP contribution in [0.5, 0.6) is 0 Å². The van der Waals surface area contributed by atoms with E-state index in [1.807, 2.05) is 24.5 Å². The van der Waals surface area contributed by atoms with E-state index < -0.39 is 0 Å². The third-order valence-electron chi connectivity index (χ3n) is 2.38. The van der Waals surface area contributed by atoms with E-state index >= 15 is 0 Å². The van der Waals surface area contributed by atoms with Crippen LogP contribution in [0.3, 0.4) is 0 Å². The molecular weight excluding hydrogens is 204 g/mol. The van der Waals surface area contributed by atoms with Crippen LogP contribution in [0.15, 0.2) is 24.5 Å². The van der Waals surface area contributed by atoms with Crippen molar-refractivity contribution in [3.63, 3.8) is 0 Å². The smallest absolute Gasteiger partial charge is 0.0589 e. The van der Waals surface area contributed by atoms with Gasteiger partial charge in [0.05, 0.1) is 13.2 Å². The monoisotopic (exact) mass is 224 g/mol. The molecule has 0 saturated heterocycles. The van der Waals surface area contributed by atoms with Gasteiger partial charge in [0, 0.05) is 46.2 Å². The number of hydrogen-bond donors (Lipinski definition) is 0. The van der Waals surface area contributed by atoms with Crippen molar-refractivity contribution in [2.75, 3.05) is 40.5 Å². The first-order chi connectivity index (χ1) is 7.86. The third-order valence-corrected chi connectivity index (χ3v) is 2.38. The Morgan fingerprint density at radius 3 is 2.12 bits per heavy atom. The van der Waals surface area contributed by atoms with Crippen LogP contribution < -0.4 is 0 Å². The number of aromatic nitrogens is 1. The Balaban J connectivity index is 2.42. The molecule has 0 N–H and O–H groups in total. The van der Waals surface area contributed by atoms with E-state index in [4.69, 9.17) is 9.47 Å². The number of hydrogen-bond acceptors (Lipinski definition) is 4.